The molecule has 2 rings (SSSR count). The second-order valence-corrected chi connectivity index (χ2v) is 8.45. The molecule has 7 heteroatoms. The number of carbonyl (C=O) groups is 1. The zero-order valence-electron chi connectivity index (χ0n) is 12.4. The zero-order chi connectivity index (χ0) is 15.0. The van der Waals surface area contributed by atoms with Gasteiger partial charge in [0, 0.05) is 16.8 Å². The van der Waals surface area contributed by atoms with E-state index in [2.05, 4.69) is 21.9 Å². The number of rotatable bonds is 5. The lowest BCUT2D eigenvalue weighted by Crippen LogP contribution is -2.31. The highest BCUT2D eigenvalue weighted by Crippen LogP contribution is 2.46. The van der Waals surface area contributed by atoms with Gasteiger partial charge in [0.15, 0.2) is 5.13 Å². The van der Waals surface area contributed by atoms with Crippen LogP contribution in [0.4, 0.5) is 10.9 Å². The van der Waals surface area contributed by atoms with Crippen molar-refractivity contribution >= 4 is 40.0 Å². The molecule has 0 radical (unpaired) electrons. The number of aromatic nitrogens is 1. The molecule has 0 spiro atoms. The van der Waals surface area contributed by atoms with Gasteiger partial charge in [-0.3, -0.25) is 4.79 Å². The summed E-state index contributed by atoms with van der Waals surface area (Å²) in [5, 5.41) is 6.90. The second kappa shape index (κ2) is 5.44. The summed E-state index contributed by atoms with van der Waals surface area (Å²) in [6.45, 7) is 6.82. The molecule has 5 nitrogen and oxygen atoms in total. The molecule has 1 aromatic rings. The smallest absolute Gasteiger partial charge is 0.265 e. The molecular formula is C13H22N4OS2. The van der Waals surface area contributed by atoms with Crippen LogP contribution in [0.1, 0.15) is 43.3 Å². The summed E-state index contributed by atoms with van der Waals surface area (Å²) in [5.41, 5.74) is 5.74. The molecule has 112 valence electrons. The molecular weight excluding hydrogens is 292 g/mol. The van der Waals surface area contributed by atoms with Crippen LogP contribution in [-0.4, -0.2) is 34.0 Å². The van der Waals surface area contributed by atoms with Gasteiger partial charge in [-0.2, -0.15) is 11.8 Å². The number of anilines is 2. The molecule has 0 unspecified atom stereocenters. The lowest BCUT2D eigenvalue weighted by atomic mass is 10.1. The molecule has 1 aliphatic carbocycles. The number of thioether (sulfide) groups is 1. The number of nitrogens with two attached hydrogens (primary N) is 1. The molecule has 1 heterocycles. The van der Waals surface area contributed by atoms with E-state index >= 15 is 0 Å². The van der Waals surface area contributed by atoms with E-state index in [0.29, 0.717) is 22.4 Å². The molecule has 0 atom stereocenters. The average molecular weight is 314 g/mol. The number of hydrogen-bond donors (Lipinski definition) is 3. The van der Waals surface area contributed by atoms with Crippen molar-refractivity contribution in [3.8, 4) is 0 Å². The molecule has 1 aromatic heterocycles. The van der Waals surface area contributed by atoms with Crippen LogP contribution >= 0.6 is 23.1 Å². The fourth-order valence-electron chi connectivity index (χ4n) is 1.78. The van der Waals surface area contributed by atoms with Crippen LogP contribution in [0, 0.1) is 0 Å². The van der Waals surface area contributed by atoms with Gasteiger partial charge in [0.25, 0.3) is 5.91 Å². The van der Waals surface area contributed by atoms with Crippen molar-refractivity contribution in [1.82, 2.24) is 10.3 Å². The van der Waals surface area contributed by atoms with Crippen LogP contribution in [-0.2, 0) is 0 Å². The highest BCUT2D eigenvalue weighted by molar-refractivity contribution is 8.00. The molecule has 0 bridgehead atoms. The Morgan fingerprint density at radius 1 is 1.50 bits per heavy atom. The van der Waals surface area contributed by atoms with Gasteiger partial charge in [-0.05, 0) is 39.9 Å². The van der Waals surface area contributed by atoms with E-state index in [-0.39, 0.29) is 16.2 Å². The number of thiazole rings is 1. The molecule has 4 N–H and O–H groups in total. The normalized spacial score (nSPS) is 16.8. The second-order valence-electron chi connectivity index (χ2n) is 6.18. The summed E-state index contributed by atoms with van der Waals surface area (Å²) in [6, 6.07) is 0. The summed E-state index contributed by atoms with van der Waals surface area (Å²) in [7, 11) is 0. The van der Waals surface area contributed by atoms with Crippen molar-refractivity contribution in [3.05, 3.63) is 4.88 Å². The number of nitrogens with zero attached hydrogens (tertiary/aromatic N) is 1. The van der Waals surface area contributed by atoms with E-state index in [4.69, 9.17) is 5.73 Å². The third-order valence-electron chi connectivity index (χ3n) is 3.15. The molecule has 20 heavy (non-hydrogen) atoms. The molecule has 1 aliphatic rings. The Bertz CT molecular complexity index is 503. The Morgan fingerprint density at radius 3 is 2.65 bits per heavy atom. The van der Waals surface area contributed by atoms with Crippen molar-refractivity contribution in [2.75, 3.05) is 23.9 Å². The molecule has 1 fully saturated rings. The third-order valence-corrected chi connectivity index (χ3v) is 5.56. The third kappa shape index (κ3) is 3.79. The Balaban J connectivity index is 1.99. The van der Waals surface area contributed by atoms with Gasteiger partial charge in [-0.25, -0.2) is 4.98 Å². The fraction of sp³-hybridized carbons (Fsp3) is 0.692. The summed E-state index contributed by atoms with van der Waals surface area (Å²) in [6.07, 6.45) is 4.43. The Morgan fingerprint density at radius 2 is 2.15 bits per heavy atom. The Kier molecular flexibility index (Phi) is 4.20. The van der Waals surface area contributed by atoms with Crippen molar-refractivity contribution < 1.29 is 4.79 Å². The van der Waals surface area contributed by atoms with E-state index in [1.54, 1.807) is 0 Å². The molecule has 1 saturated carbocycles. The van der Waals surface area contributed by atoms with Gasteiger partial charge < -0.3 is 16.4 Å². The monoisotopic (exact) mass is 314 g/mol. The van der Waals surface area contributed by atoms with Gasteiger partial charge in [0.1, 0.15) is 10.7 Å². The van der Waals surface area contributed by atoms with E-state index in [0.717, 1.165) is 0 Å². The minimum absolute atomic E-state index is 0.102. The van der Waals surface area contributed by atoms with Crippen LogP contribution in [0.2, 0.25) is 0 Å². The lowest BCUT2D eigenvalue weighted by Gasteiger charge is -2.19. The first-order chi connectivity index (χ1) is 9.25. The number of hydrogen-bond acceptors (Lipinski definition) is 6. The van der Waals surface area contributed by atoms with Gasteiger partial charge >= 0.3 is 0 Å². The van der Waals surface area contributed by atoms with E-state index < -0.39 is 0 Å². The minimum Gasteiger partial charge on any atom is -0.382 e. The van der Waals surface area contributed by atoms with E-state index in [1.807, 2.05) is 32.5 Å². The summed E-state index contributed by atoms with van der Waals surface area (Å²) in [5.74, 6) is 0.176. The summed E-state index contributed by atoms with van der Waals surface area (Å²) >= 11 is 3.13. The van der Waals surface area contributed by atoms with E-state index in [1.165, 1.54) is 24.2 Å². The summed E-state index contributed by atoms with van der Waals surface area (Å²) in [4.78, 5) is 16.9. The van der Waals surface area contributed by atoms with E-state index in [9.17, 15) is 4.79 Å². The van der Waals surface area contributed by atoms with Crippen molar-refractivity contribution in [2.45, 2.75) is 43.9 Å². The first-order valence-electron chi connectivity index (χ1n) is 6.62. The number of carbonyl (C=O) groups excluding carboxylic acids is 1. The van der Waals surface area contributed by atoms with Crippen molar-refractivity contribution in [3.63, 3.8) is 0 Å². The topological polar surface area (TPSA) is 80.0 Å². The summed E-state index contributed by atoms with van der Waals surface area (Å²) < 4.78 is 0.252. The highest BCUT2D eigenvalue weighted by atomic mass is 32.2. The van der Waals surface area contributed by atoms with Crippen LogP contribution < -0.4 is 16.4 Å². The standard InChI is InChI=1S/C13H22N4OS2/c1-12(2,3)17-11-16-9(14)8(20-11)10(18)15-7-13(19-4)5-6-13/h5-7,14H2,1-4H3,(H,15,18)(H,16,17). The average Bonchev–Trinajstić information content (AvgIpc) is 3.03. The van der Waals surface area contributed by atoms with Crippen molar-refractivity contribution in [2.24, 2.45) is 0 Å². The molecule has 0 saturated heterocycles. The van der Waals surface area contributed by atoms with Crippen LogP contribution in [0.25, 0.3) is 0 Å². The minimum atomic E-state index is -0.123. The molecule has 0 aliphatic heterocycles. The van der Waals surface area contributed by atoms with Crippen LogP contribution in [0.3, 0.4) is 0 Å². The van der Waals surface area contributed by atoms with Gasteiger partial charge in [0.05, 0.1) is 0 Å². The van der Waals surface area contributed by atoms with Gasteiger partial charge in [-0.1, -0.05) is 11.3 Å². The zero-order valence-corrected chi connectivity index (χ0v) is 14.0. The largest absolute Gasteiger partial charge is 0.382 e. The Labute approximate surface area is 128 Å². The predicted molar refractivity (Wildman–Crippen MR) is 87.7 cm³/mol. The maximum Gasteiger partial charge on any atom is 0.265 e. The maximum atomic E-state index is 12.2. The van der Waals surface area contributed by atoms with Gasteiger partial charge in [-0.15, -0.1) is 0 Å². The quantitative estimate of drug-likeness (QED) is 0.778. The molecule has 0 aromatic carbocycles. The van der Waals surface area contributed by atoms with Crippen LogP contribution in [0.5, 0.6) is 0 Å². The number of nitrogens with one attached hydrogen (secondary N) is 2. The predicted octanol–water partition coefficient (Wildman–Crippen LogP) is 2.56. The lowest BCUT2D eigenvalue weighted by molar-refractivity contribution is 0.0957. The SMILES string of the molecule is CSC1(CNC(=O)c2sc(NC(C)(C)C)nc2N)CC1. The first kappa shape index (κ1) is 15.4. The maximum absolute atomic E-state index is 12.2. The van der Waals surface area contributed by atoms with Gasteiger partial charge in [0.2, 0.25) is 0 Å². The highest BCUT2D eigenvalue weighted by Gasteiger charge is 2.42. The Hall–Kier alpha value is -0.950. The first-order valence-corrected chi connectivity index (χ1v) is 8.67. The number of nitrogen functional groups attached to an aromatic ring is 1. The van der Waals surface area contributed by atoms with Crippen molar-refractivity contribution in [1.29, 1.82) is 0 Å². The molecule has 1 amide bonds. The fourth-order valence-corrected chi connectivity index (χ4v) is 3.52. The number of amides is 1. The van der Waals surface area contributed by atoms with Crippen LogP contribution in [0.15, 0.2) is 0 Å².